The highest BCUT2D eigenvalue weighted by molar-refractivity contribution is 5.83. The molecule has 0 radical (unpaired) electrons. The molecule has 0 bridgehead atoms. The molecule has 1 aliphatic rings. The van der Waals surface area contributed by atoms with Gasteiger partial charge in [-0.15, -0.1) is 0 Å². The first-order valence-electron chi connectivity index (χ1n) is 11.6. The molecule has 3 heterocycles. The number of imidazole rings is 1. The Hall–Kier alpha value is -3.13. The molecule has 1 aromatic carbocycles. The van der Waals surface area contributed by atoms with Gasteiger partial charge >= 0.3 is 5.97 Å². The highest BCUT2D eigenvalue weighted by Crippen LogP contribution is 2.28. The Kier molecular flexibility index (Phi) is 6.83. The third-order valence-electron chi connectivity index (χ3n) is 6.16. The SMILES string of the molecule is CCOC(=O)CN1CCC(Nc2nc3c(C)cc(C)cc3n2Cc2nc(C)ccc2O)CC1. The summed E-state index contributed by atoms with van der Waals surface area (Å²) in [6.07, 6.45) is 1.82. The second-order valence-electron chi connectivity index (χ2n) is 8.89. The maximum Gasteiger partial charge on any atom is 0.320 e. The number of hydrogen-bond donors (Lipinski definition) is 2. The maximum absolute atomic E-state index is 11.8. The minimum absolute atomic E-state index is 0.165. The normalized spacial score (nSPS) is 15.2. The quantitative estimate of drug-likeness (QED) is 0.531. The molecular formula is C25H33N5O3. The van der Waals surface area contributed by atoms with Gasteiger partial charge in [-0.25, -0.2) is 4.98 Å². The zero-order chi connectivity index (χ0) is 23.5. The lowest BCUT2D eigenvalue weighted by molar-refractivity contribution is -0.144. The Morgan fingerprint density at radius 1 is 1.18 bits per heavy atom. The Balaban J connectivity index is 1.57. The number of carbonyl (C=O) groups is 1. The number of likely N-dealkylation sites (tertiary alicyclic amines) is 1. The predicted molar refractivity (Wildman–Crippen MR) is 129 cm³/mol. The number of carbonyl (C=O) groups excluding carboxylic acids is 1. The lowest BCUT2D eigenvalue weighted by Crippen LogP contribution is -2.42. The summed E-state index contributed by atoms with van der Waals surface area (Å²) in [5.41, 5.74) is 5.76. The molecule has 1 aliphatic heterocycles. The van der Waals surface area contributed by atoms with Crippen LogP contribution in [0.25, 0.3) is 11.0 Å². The van der Waals surface area contributed by atoms with Crippen molar-refractivity contribution in [2.45, 2.75) is 53.1 Å². The van der Waals surface area contributed by atoms with Gasteiger partial charge in [0.1, 0.15) is 11.4 Å². The van der Waals surface area contributed by atoms with E-state index >= 15 is 0 Å². The number of piperidine rings is 1. The second-order valence-corrected chi connectivity index (χ2v) is 8.89. The van der Waals surface area contributed by atoms with Crippen molar-refractivity contribution in [2.24, 2.45) is 0 Å². The van der Waals surface area contributed by atoms with Gasteiger partial charge in [0.15, 0.2) is 0 Å². The zero-order valence-electron chi connectivity index (χ0n) is 19.9. The van der Waals surface area contributed by atoms with Crippen molar-refractivity contribution >= 4 is 23.0 Å². The molecule has 0 spiro atoms. The van der Waals surface area contributed by atoms with E-state index in [1.165, 1.54) is 5.56 Å². The van der Waals surface area contributed by atoms with Crippen LogP contribution in [-0.2, 0) is 16.1 Å². The number of anilines is 1. The van der Waals surface area contributed by atoms with E-state index in [4.69, 9.17) is 9.72 Å². The lowest BCUT2D eigenvalue weighted by Gasteiger charge is -2.31. The molecule has 0 amide bonds. The molecule has 3 aromatic rings. The van der Waals surface area contributed by atoms with Crippen molar-refractivity contribution in [1.82, 2.24) is 19.4 Å². The summed E-state index contributed by atoms with van der Waals surface area (Å²) in [6.45, 7) is 10.8. The van der Waals surface area contributed by atoms with E-state index in [9.17, 15) is 9.90 Å². The summed E-state index contributed by atoms with van der Waals surface area (Å²) in [7, 11) is 0. The van der Waals surface area contributed by atoms with E-state index in [0.29, 0.717) is 25.4 Å². The highest BCUT2D eigenvalue weighted by Gasteiger charge is 2.24. The molecule has 1 fully saturated rings. The van der Waals surface area contributed by atoms with Crippen LogP contribution in [0.2, 0.25) is 0 Å². The monoisotopic (exact) mass is 451 g/mol. The van der Waals surface area contributed by atoms with Crippen molar-refractivity contribution < 1.29 is 14.6 Å². The van der Waals surface area contributed by atoms with Crippen LogP contribution >= 0.6 is 0 Å². The number of ether oxygens (including phenoxy) is 1. The highest BCUT2D eigenvalue weighted by atomic mass is 16.5. The van der Waals surface area contributed by atoms with Crippen LogP contribution in [0, 0.1) is 20.8 Å². The number of benzene rings is 1. The average Bonchev–Trinajstić information content (AvgIpc) is 3.09. The number of nitrogens with zero attached hydrogens (tertiary/aromatic N) is 4. The maximum atomic E-state index is 11.8. The molecule has 2 aromatic heterocycles. The molecule has 4 rings (SSSR count). The summed E-state index contributed by atoms with van der Waals surface area (Å²) >= 11 is 0. The van der Waals surface area contributed by atoms with Gasteiger partial charge in [0.25, 0.3) is 0 Å². The van der Waals surface area contributed by atoms with Crippen molar-refractivity contribution in [3.63, 3.8) is 0 Å². The van der Waals surface area contributed by atoms with E-state index in [1.807, 2.05) is 19.9 Å². The van der Waals surface area contributed by atoms with Crippen LogP contribution in [-0.4, -0.2) is 62.8 Å². The van der Waals surface area contributed by atoms with Crippen molar-refractivity contribution in [1.29, 1.82) is 0 Å². The number of aryl methyl sites for hydroxylation is 3. The van der Waals surface area contributed by atoms with Crippen LogP contribution in [0.4, 0.5) is 5.95 Å². The van der Waals surface area contributed by atoms with Crippen molar-refractivity contribution in [3.05, 3.63) is 46.8 Å². The molecule has 8 nitrogen and oxygen atoms in total. The summed E-state index contributed by atoms with van der Waals surface area (Å²) in [5.74, 6) is 0.803. The Bertz CT molecular complexity index is 1150. The first kappa shape index (κ1) is 23.0. The predicted octanol–water partition coefficient (Wildman–Crippen LogP) is 3.55. The number of pyridine rings is 1. The molecule has 33 heavy (non-hydrogen) atoms. The van der Waals surface area contributed by atoms with E-state index in [1.54, 1.807) is 6.07 Å². The van der Waals surface area contributed by atoms with Gasteiger partial charge in [0.2, 0.25) is 5.95 Å². The number of aromatic nitrogens is 3. The molecule has 0 atom stereocenters. The third-order valence-corrected chi connectivity index (χ3v) is 6.16. The summed E-state index contributed by atoms with van der Waals surface area (Å²) < 4.78 is 7.19. The van der Waals surface area contributed by atoms with Gasteiger partial charge in [0.05, 0.1) is 30.7 Å². The van der Waals surface area contributed by atoms with Crippen LogP contribution in [0.1, 0.15) is 42.3 Å². The van der Waals surface area contributed by atoms with E-state index in [0.717, 1.165) is 54.2 Å². The fraction of sp³-hybridized carbons (Fsp3) is 0.480. The van der Waals surface area contributed by atoms with Gasteiger partial charge in [-0.3, -0.25) is 14.7 Å². The molecule has 2 N–H and O–H groups in total. The number of aromatic hydroxyl groups is 1. The van der Waals surface area contributed by atoms with Gasteiger partial charge in [-0.2, -0.15) is 0 Å². The lowest BCUT2D eigenvalue weighted by atomic mass is 10.1. The number of fused-ring (bicyclic) bond motifs is 1. The first-order chi connectivity index (χ1) is 15.8. The largest absolute Gasteiger partial charge is 0.506 e. The molecule has 0 aliphatic carbocycles. The fourth-order valence-electron chi connectivity index (χ4n) is 4.52. The topological polar surface area (TPSA) is 92.5 Å². The van der Waals surface area contributed by atoms with Crippen LogP contribution in [0.5, 0.6) is 5.75 Å². The summed E-state index contributed by atoms with van der Waals surface area (Å²) in [6, 6.07) is 8.02. The second kappa shape index (κ2) is 9.79. The van der Waals surface area contributed by atoms with Crippen molar-refractivity contribution in [2.75, 3.05) is 31.6 Å². The van der Waals surface area contributed by atoms with E-state index in [2.05, 4.69) is 45.7 Å². The van der Waals surface area contributed by atoms with Crippen LogP contribution in [0.15, 0.2) is 24.3 Å². The van der Waals surface area contributed by atoms with Gasteiger partial charge in [0, 0.05) is 24.8 Å². The Morgan fingerprint density at radius 2 is 1.94 bits per heavy atom. The summed E-state index contributed by atoms with van der Waals surface area (Å²) in [5, 5.41) is 14.0. The molecule has 0 saturated carbocycles. The summed E-state index contributed by atoms with van der Waals surface area (Å²) in [4.78, 5) is 23.4. The third kappa shape index (κ3) is 5.27. The van der Waals surface area contributed by atoms with Gasteiger partial charge in [-0.1, -0.05) is 6.07 Å². The van der Waals surface area contributed by atoms with Crippen molar-refractivity contribution in [3.8, 4) is 5.75 Å². The number of esters is 1. The number of hydrogen-bond acceptors (Lipinski definition) is 7. The minimum Gasteiger partial charge on any atom is -0.506 e. The first-order valence-corrected chi connectivity index (χ1v) is 11.6. The van der Waals surface area contributed by atoms with E-state index in [-0.39, 0.29) is 17.8 Å². The number of nitrogens with one attached hydrogen (secondary N) is 1. The average molecular weight is 452 g/mol. The van der Waals surface area contributed by atoms with Crippen LogP contribution < -0.4 is 5.32 Å². The molecule has 176 valence electrons. The van der Waals surface area contributed by atoms with Gasteiger partial charge in [-0.05, 0) is 69.9 Å². The molecule has 1 saturated heterocycles. The number of rotatable bonds is 7. The fourth-order valence-corrected chi connectivity index (χ4v) is 4.52. The molecule has 8 heteroatoms. The smallest absolute Gasteiger partial charge is 0.320 e. The van der Waals surface area contributed by atoms with Crippen LogP contribution in [0.3, 0.4) is 0 Å². The molecule has 0 unspecified atom stereocenters. The standard InChI is InChI=1S/C25H33N5O3/c1-5-33-23(32)15-29-10-8-19(9-11-29)27-25-28-24-17(3)12-16(2)13-21(24)30(25)14-20-22(31)7-6-18(4)26-20/h6-7,12-13,19,31H,5,8-11,14-15H2,1-4H3,(H,27,28). The molecular weight excluding hydrogens is 418 g/mol. The van der Waals surface area contributed by atoms with E-state index < -0.39 is 0 Å². The minimum atomic E-state index is -0.165. The van der Waals surface area contributed by atoms with Gasteiger partial charge < -0.3 is 19.7 Å². The zero-order valence-corrected chi connectivity index (χ0v) is 19.9. The Labute approximate surface area is 194 Å². The Morgan fingerprint density at radius 3 is 2.67 bits per heavy atom.